The third-order valence-electron chi connectivity index (χ3n) is 4.48. The Bertz CT molecular complexity index is 906. The highest BCUT2D eigenvalue weighted by Crippen LogP contribution is 2.40. The van der Waals surface area contributed by atoms with Crippen molar-refractivity contribution >= 4 is 17.4 Å². The van der Waals surface area contributed by atoms with Crippen LogP contribution in [0.3, 0.4) is 0 Å². The van der Waals surface area contributed by atoms with E-state index in [9.17, 15) is 4.79 Å². The van der Waals surface area contributed by atoms with E-state index in [1.165, 1.54) is 0 Å². The molecule has 0 atom stereocenters. The third kappa shape index (κ3) is 3.46. The molecule has 26 heavy (non-hydrogen) atoms. The first-order valence-electron chi connectivity index (χ1n) is 8.66. The quantitative estimate of drug-likeness (QED) is 0.738. The van der Waals surface area contributed by atoms with Gasteiger partial charge in [-0.15, -0.1) is 0 Å². The minimum absolute atomic E-state index is 0.287. The van der Waals surface area contributed by atoms with Crippen molar-refractivity contribution in [2.45, 2.75) is 25.3 Å². The monoisotopic (exact) mass is 351 g/mol. The van der Waals surface area contributed by atoms with Gasteiger partial charge in [0.15, 0.2) is 5.69 Å². The molecule has 4 rings (SSSR count). The molecule has 1 aliphatic rings. The zero-order valence-electron chi connectivity index (χ0n) is 14.8. The fourth-order valence-electron chi connectivity index (χ4n) is 2.77. The van der Waals surface area contributed by atoms with Crippen LogP contribution in [0.15, 0.2) is 47.1 Å². The average Bonchev–Trinajstić information content (AvgIpc) is 3.20. The molecule has 3 aromatic rings. The van der Waals surface area contributed by atoms with Crippen LogP contribution in [0, 0.1) is 0 Å². The number of aromatic nitrogens is 3. The zero-order chi connectivity index (χ0) is 18.1. The highest BCUT2D eigenvalue weighted by Gasteiger charge is 2.29. The van der Waals surface area contributed by atoms with Gasteiger partial charge in [0.2, 0.25) is 0 Å². The highest BCUT2D eigenvalue weighted by atomic mass is 16.5. The molecule has 0 saturated heterocycles. The van der Waals surface area contributed by atoms with Gasteiger partial charge in [-0.25, -0.2) is 4.68 Å². The molecule has 1 N–H and O–H groups in total. The van der Waals surface area contributed by atoms with E-state index < -0.39 is 0 Å². The first-order valence-corrected chi connectivity index (χ1v) is 8.66. The van der Waals surface area contributed by atoms with E-state index in [4.69, 9.17) is 4.52 Å². The van der Waals surface area contributed by atoms with Gasteiger partial charge in [0, 0.05) is 37.8 Å². The summed E-state index contributed by atoms with van der Waals surface area (Å²) in [7, 11) is 4.02. The smallest absolute Gasteiger partial charge is 0.278 e. The Morgan fingerprint density at radius 3 is 2.73 bits per heavy atom. The number of carbonyl (C=O) groups excluding carboxylic acids is 1. The standard InChI is InChI=1S/C19H21N5O2/c1-23(2)15-7-3-13(4-8-15)12-24-18(9-10-20-24)21-19(25)16-11-17(26-22-16)14-5-6-14/h3-4,7-11,14H,5-6,12H2,1-2H3,(H,21,25). The van der Waals surface area contributed by atoms with Crippen LogP contribution < -0.4 is 10.2 Å². The van der Waals surface area contributed by atoms with Crippen molar-refractivity contribution in [2.24, 2.45) is 0 Å². The summed E-state index contributed by atoms with van der Waals surface area (Å²) in [6.45, 7) is 0.572. The van der Waals surface area contributed by atoms with Crippen molar-refractivity contribution in [1.82, 2.24) is 14.9 Å². The van der Waals surface area contributed by atoms with Gasteiger partial charge in [-0.05, 0) is 30.5 Å². The van der Waals surface area contributed by atoms with Crippen molar-refractivity contribution in [3.05, 3.63) is 59.6 Å². The molecule has 0 radical (unpaired) electrons. The zero-order valence-corrected chi connectivity index (χ0v) is 14.8. The maximum Gasteiger partial charge on any atom is 0.278 e. The highest BCUT2D eigenvalue weighted by molar-refractivity contribution is 6.02. The van der Waals surface area contributed by atoms with Crippen molar-refractivity contribution < 1.29 is 9.32 Å². The van der Waals surface area contributed by atoms with Gasteiger partial charge in [-0.1, -0.05) is 17.3 Å². The molecule has 7 nitrogen and oxygen atoms in total. The second-order valence-corrected chi connectivity index (χ2v) is 6.78. The predicted molar refractivity (Wildman–Crippen MR) is 98.5 cm³/mol. The fraction of sp³-hybridized carbons (Fsp3) is 0.316. The number of hydrogen-bond acceptors (Lipinski definition) is 5. The largest absolute Gasteiger partial charge is 0.378 e. The topological polar surface area (TPSA) is 76.2 Å². The van der Waals surface area contributed by atoms with Crippen molar-refractivity contribution in [2.75, 3.05) is 24.3 Å². The van der Waals surface area contributed by atoms with E-state index in [1.54, 1.807) is 23.0 Å². The van der Waals surface area contributed by atoms with Crippen LogP contribution in [-0.4, -0.2) is 34.9 Å². The van der Waals surface area contributed by atoms with Crippen molar-refractivity contribution in [3.8, 4) is 0 Å². The fourth-order valence-corrected chi connectivity index (χ4v) is 2.77. The number of nitrogens with one attached hydrogen (secondary N) is 1. The van der Waals surface area contributed by atoms with Gasteiger partial charge in [0.05, 0.1) is 12.7 Å². The first kappa shape index (κ1) is 16.4. The minimum atomic E-state index is -0.287. The number of hydrogen-bond donors (Lipinski definition) is 1. The molecule has 1 fully saturated rings. The third-order valence-corrected chi connectivity index (χ3v) is 4.48. The van der Waals surface area contributed by atoms with Gasteiger partial charge in [-0.2, -0.15) is 5.10 Å². The average molecular weight is 351 g/mol. The summed E-state index contributed by atoms with van der Waals surface area (Å²) in [6.07, 6.45) is 3.88. The molecule has 0 spiro atoms. The van der Waals surface area contributed by atoms with Crippen molar-refractivity contribution in [3.63, 3.8) is 0 Å². The van der Waals surface area contributed by atoms with E-state index in [-0.39, 0.29) is 5.91 Å². The molecule has 1 amide bonds. The summed E-state index contributed by atoms with van der Waals surface area (Å²) in [6, 6.07) is 11.7. The van der Waals surface area contributed by atoms with E-state index in [2.05, 4.69) is 44.7 Å². The van der Waals surface area contributed by atoms with Gasteiger partial charge in [0.25, 0.3) is 5.91 Å². The minimum Gasteiger partial charge on any atom is -0.378 e. The molecule has 1 aliphatic carbocycles. The normalized spacial score (nSPS) is 13.6. The molecule has 2 aromatic heterocycles. The second-order valence-electron chi connectivity index (χ2n) is 6.78. The number of benzene rings is 1. The van der Waals surface area contributed by atoms with E-state index in [0.717, 1.165) is 29.9 Å². The van der Waals surface area contributed by atoms with E-state index in [1.807, 2.05) is 14.1 Å². The van der Waals surface area contributed by atoms with Gasteiger partial charge < -0.3 is 14.7 Å². The Hall–Kier alpha value is -3.09. The molecule has 0 unspecified atom stereocenters. The number of rotatable bonds is 6. The van der Waals surface area contributed by atoms with Crippen LogP contribution in [0.1, 0.15) is 40.6 Å². The Balaban J connectivity index is 1.44. The molecule has 1 aromatic carbocycles. The lowest BCUT2D eigenvalue weighted by atomic mass is 10.2. The summed E-state index contributed by atoms with van der Waals surface area (Å²) in [5.74, 6) is 1.57. The van der Waals surface area contributed by atoms with Crippen molar-refractivity contribution in [1.29, 1.82) is 0 Å². The molecular formula is C19H21N5O2. The maximum atomic E-state index is 12.4. The Kier molecular flexibility index (Phi) is 4.20. The summed E-state index contributed by atoms with van der Waals surface area (Å²) in [5.41, 5.74) is 2.54. The van der Waals surface area contributed by atoms with Gasteiger partial charge >= 0.3 is 0 Å². The number of nitrogens with zero attached hydrogens (tertiary/aromatic N) is 4. The Labute approximate surface area is 151 Å². The first-order chi connectivity index (χ1) is 12.6. The van der Waals surface area contributed by atoms with E-state index in [0.29, 0.717) is 24.0 Å². The van der Waals surface area contributed by atoms with Crippen LogP contribution in [0.2, 0.25) is 0 Å². The second kappa shape index (κ2) is 6.67. The summed E-state index contributed by atoms with van der Waals surface area (Å²) in [4.78, 5) is 14.5. The lowest BCUT2D eigenvalue weighted by molar-refractivity contribution is 0.101. The molecule has 134 valence electrons. The maximum absolute atomic E-state index is 12.4. The predicted octanol–water partition coefficient (Wildman–Crippen LogP) is 3.12. The molecule has 2 heterocycles. The van der Waals surface area contributed by atoms with Gasteiger partial charge in [0.1, 0.15) is 11.6 Å². The van der Waals surface area contributed by atoms with Crippen LogP contribution in [-0.2, 0) is 6.54 Å². The Morgan fingerprint density at radius 1 is 1.27 bits per heavy atom. The van der Waals surface area contributed by atoms with Crippen LogP contribution >= 0.6 is 0 Å². The Morgan fingerprint density at radius 2 is 2.04 bits per heavy atom. The molecule has 0 aliphatic heterocycles. The summed E-state index contributed by atoms with van der Waals surface area (Å²) < 4.78 is 7.00. The van der Waals surface area contributed by atoms with Crippen LogP contribution in [0.25, 0.3) is 0 Å². The molecule has 1 saturated carbocycles. The lowest BCUT2D eigenvalue weighted by Crippen LogP contribution is -2.16. The lowest BCUT2D eigenvalue weighted by Gasteiger charge is -2.13. The summed E-state index contributed by atoms with van der Waals surface area (Å²) >= 11 is 0. The van der Waals surface area contributed by atoms with E-state index >= 15 is 0 Å². The van der Waals surface area contributed by atoms with Crippen LogP contribution in [0.5, 0.6) is 0 Å². The molecule has 7 heteroatoms. The number of carbonyl (C=O) groups is 1. The molecular weight excluding hydrogens is 330 g/mol. The summed E-state index contributed by atoms with van der Waals surface area (Å²) in [5, 5.41) is 11.0. The SMILES string of the molecule is CN(C)c1ccc(Cn2nccc2NC(=O)c2cc(C3CC3)on2)cc1. The van der Waals surface area contributed by atoms with Crippen LogP contribution in [0.4, 0.5) is 11.5 Å². The number of anilines is 2. The van der Waals surface area contributed by atoms with Gasteiger partial charge in [-0.3, -0.25) is 4.79 Å². The number of amides is 1. The molecule has 0 bridgehead atoms.